The van der Waals surface area contributed by atoms with Gasteiger partial charge in [0.15, 0.2) is 0 Å². The molecule has 0 spiro atoms. The molecule has 0 amide bonds. The zero-order chi connectivity index (χ0) is 14.8. The van der Waals surface area contributed by atoms with E-state index >= 15 is 0 Å². The molecular formula is C16H25NO3. The van der Waals surface area contributed by atoms with E-state index in [0.717, 1.165) is 18.5 Å². The molecule has 1 aromatic rings. The summed E-state index contributed by atoms with van der Waals surface area (Å²) in [5, 5.41) is 3.08. The lowest BCUT2D eigenvalue weighted by molar-refractivity contribution is 0.0276. The van der Waals surface area contributed by atoms with Gasteiger partial charge in [-0.3, -0.25) is 0 Å². The molecule has 0 heterocycles. The fourth-order valence-electron chi connectivity index (χ4n) is 1.79. The van der Waals surface area contributed by atoms with E-state index in [0.29, 0.717) is 31.3 Å². The highest BCUT2D eigenvalue weighted by molar-refractivity contribution is 5.91. The van der Waals surface area contributed by atoms with Crippen molar-refractivity contribution >= 4 is 5.97 Å². The van der Waals surface area contributed by atoms with Crippen LogP contribution < -0.4 is 5.32 Å². The standard InChI is InChI=1S/C16H25NO3/c1-13(2)12-19-10-11-20-16(18)15-7-5-4-6-14(15)8-9-17-3/h4-7,13,17H,8-12H2,1-3H3. The first-order valence-electron chi connectivity index (χ1n) is 7.12. The van der Waals surface area contributed by atoms with Gasteiger partial charge in [-0.2, -0.15) is 0 Å². The highest BCUT2D eigenvalue weighted by atomic mass is 16.6. The highest BCUT2D eigenvalue weighted by Crippen LogP contribution is 2.11. The molecule has 0 atom stereocenters. The van der Waals surface area contributed by atoms with E-state index in [1.807, 2.05) is 31.3 Å². The van der Waals surface area contributed by atoms with Crippen LogP contribution in [0.25, 0.3) is 0 Å². The third kappa shape index (κ3) is 6.17. The molecular weight excluding hydrogens is 254 g/mol. The minimum Gasteiger partial charge on any atom is -0.460 e. The van der Waals surface area contributed by atoms with Gasteiger partial charge >= 0.3 is 5.97 Å². The lowest BCUT2D eigenvalue weighted by atomic mass is 10.0. The van der Waals surface area contributed by atoms with Crippen LogP contribution in [0.1, 0.15) is 29.8 Å². The highest BCUT2D eigenvalue weighted by Gasteiger charge is 2.11. The number of ether oxygens (including phenoxy) is 2. The van der Waals surface area contributed by atoms with Gasteiger partial charge in [-0.1, -0.05) is 32.0 Å². The van der Waals surface area contributed by atoms with Crippen LogP contribution in [0.5, 0.6) is 0 Å². The molecule has 1 N–H and O–H groups in total. The Kier molecular flexibility index (Phi) is 7.92. The average molecular weight is 279 g/mol. The zero-order valence-electron chi connectivity index (χ0n) is 12.6. The first kappa shape index (κ1) is 16.7. The Morgan fingerprint density at radius 1 is 1.25 bits per heavy atom. The Labute approximate surface area is 121 Å². The van der Waals surface area contributed by atoms with Crippen LogP contribution in [-0.2, 0) is 15.9 Å². The van der Waals surface area contributed by atoms with E-state index in [-0.39, 0.29) is 5.97 Å². The largest absolute Gasteiger partial charge is 0.460 e. The molecule has 20 heavy (non-hydrogen) atoms. The summed E-state index contributed by atoms with van der Waals surface area (Å²) in [5.74, 6) is 0.220. The van der Waals surface area contributed by atoms with Gasteiger partial charge in [0.2, 0.25) is 0 Å². The van der Waals surface area contributed by atoms with Crippen LogP contribution in [0.2, 0.25) is 0 Å². The van der Waals surface area contributed by atoms with Crippen LogP contribution in [0.15, 0.2) is 24.3 Å². The van der Waals surface area contributed by atoms with E-state index in [2.05, 4.69) is 19.2 Å². The van der Waals surface area contributed by atoms with Crippen molar-refractivity contribution in [1.82, 2.24) is 5.32 Å². The second kappa shape index (κ2) is 9.50. The van der Waals surface area contributed by atoms with E-state index in [1.165, 1.54) is 0 Å². The van der Waals surface area contributed by atoms with E-state index < -0.39 is 0 Å². The first-order valence-corrected chi connectivity index (χ1v) is 7.12. The van der Waals surface area contributed by atoms with Gasteiger partial charge < -0.3 is 14.8 Å². The van der Waals surface area contributed by atoms with E-state index in [1.54, 1.807) is 0 Å². The summed E-state index contributed by atoms with van der Waals surface area (Å²) in [4.78, 5) is 12.0. The van der Waals surface area contributed by atoms with Crippen molar-refractivity contribution in [3.63, 3.8) is 0 Å². The smallest absolute Gasteiger partial charge is 0.338 e. The molecule has 4 heteroatoms. The normalized spacial score (nSPS) is 10.8. The maximum absolute atomic E-state index is 12.0. The van der Waals surface area contributed by atoms with Gasteiger partial charge in [0.1, 0.15) is 6.61 Å². The summed E-state index contributed by atoms with van der Waals surface area (Å²) >= 11 is 0. The fourth-order valence-corrected chi connectivity index (χ4v) is 1.79. The van der Waals surface area contributed by atoms with Crippen molar-refractivity contribution in [2.45, 2.75) is 20.3 Å². The number of hydrogen-bond donors (Lipinski definition) is 1. The lowest BCUT2D eigenvalue weighted by Gasteiger charge is -2.10. The SMILES string of the molecule is CNCCc1ccccc1C(=O)OCCOCC(C)C. The third-order valence-electron chi connectivity index (χ3n) is 2.79. The number of benzene rings is 1. The van der Waals surface area contributed by atoms with Crippen LogP contribution >= 0.6 is 0 Å². The van der Waals surface area contributed by atoms with Crippen LogP contribution in [0, 0.1) is 5.92 Å². The number of likely N-dealkylation sites (N-methyl/N-ethyl adjacent to an activating group) is 1. The molecule has 0 bridgehead atoms. The summed E-state index contributed by atoms with van der Waals surface area (Å²) < 4.78 is 10.6. The zero-order valence-corrected chi connectivity index (χ0v) is 12.6. The van der Waals surface area contributed by atoms with Gasteiger partial charge in [-0.25, -0.2) is 4.79 Å². The molecule has 0 saturated heterocycles. The monoisotopic (exact) mass is 279 g/mol. The van der Waals surface area contributed by atoms with Gasteiger partial charge in [0, 0.05) is 6.61 Å². The number of hydrogen-bond acceptors (Lipinski definition) is 4. The van der Waals surface area contributed by atoms with Crippen molar-refractivity contribution in [2.24, 2.45) is 5.92 Å². The Hall–Kier alpha value is -1.39. The molecule has 0 aromatic heterocycles. The van der Waals surface area contributed by atoms with E-state index in [9.17, 15) is 4.79 Å². The van der Waals surface area contributed by atoms with Crippen molar-refractivity contribution in [3.8, 4) is 0 Å². The van der Waals surface area contributed by atoms with E-state index in [4.69, 9.17) is 9.47 Å². The molecule has 0 aliphatic heterocycles. The number of esters is 1. The minimum atomic E-state index is -0.273. The summed E-state index contributed by atoms with van der Waals surface area (Å²) in [6.07, 6.45) is 0.811. The summed E-state index contributed by atoms with van der Waals surface area (Å²) in [6.45, 7) is 6.45. The Balaban J connectivity index is 2.42. The second-order valence-electron chi connectivity index (χ2n) is 5.12. The van der Waals surface area contributed by atoms with Crippen LogP contribution in [0.3, 0.4) is 0 Å². The van der Waals surface area contributed by atoms with Gasteiger partial charge in [0.25, 0.3) is 0 Å². The Morgan fingerprint density at radius 2 is 2.00 bits per heavy atom. The maximum Gasteiger partial charge on any atom is 0.338 e. The fraction of sp³-hybridized carbons (Fsp3) is 0.562. The molecule has 1 aromatic carbocycles. The number of rotatable bonds is 9. The van der Waals surface area contributed by atoms with Crippen molar-refractivity contribution in [2.75, 3.05) is 33.4 Å². The number of carbonyl (C=O) groups is 1. The van der Waals surface area contributed by atoms with Gasteiger partial charge in [0.05, 0.1) is 12.2 Å². The predicted octanol–water partition coefficient (Wildman–Crippen LogP) is 2.28. The molecule has 0 aliphatic rings. The molecule has 0 radical (unpaired) electrons. The minimum absolute atomic E-state index is 0.273. The molecule has 1 rings (SSSR count). The maximum atomic E-state index is 12.0. The predicted molar refractivity (Wildman–Crippen MR) is 80.0 cm³/mol. The number of carbonyl (C=O) groups excluding carboxylic acids is 1. The molecule has 0 unspecified atom stereocenters. The molecule has 0 aliphatic carbocycles. The van der Waals surface area contributed by atoms with Gasteiger partial charge in [-0.05, 0) is 37.6 Å². The lowest BCUT2D eigenvalue weighted by Crippen LogP contribution is -2.16. The number of nitrogens with one attached hydrogen (secondary N) is 1. The van der Waals surface area contributed by atoms with Crippen LogP contribution in [-0.4, -0.2) is 39.4 Å². The quantitative estimate of drug-likeness (QED) is 0.556. The van der Waals surface area contributed by atoms with Crippen molar-refractivity contribution in [1.29, 1.82) is 0 Å². The first-order chi connectivity index (χ1) is 9.65. The van der Waals surface area contributed by atoms with Crippen molar-refractivity contribution in [3.05, 3.63) is 35.4 Å². The Morgan fingerprint density at radius 3 is 2.70 bits per heavy atom. The summed E-state index contributed by atoms with van der Waals surface area (Å²) in [7, 11) is 1.90. The molecule has 0 fully saturated rings. The average Bonchev–Trinajstić information content (AvgIpc) is 2.44. The Bertz CT molecular complexity index is 404. The second-order valence-corrected chi connectivity index (χ2v) is 5.12. The summed E-state index contributed by atoms with van der Waals surface area (Å²) in [5.41, 5.74) is 1.65. The molecule has 0 saturated carbocycles. The van der Waals surface area contributed by atoms with Gasteiger partial charge in [-0.15, -0.1) is 0 Å². The van der Waals surface area contributed by atoms with Crippen molar-refractivity contribution < 1.29 is 14.3 Å². The topological polar surface area (TPSA) is 47.6 Å². The summed E-state index contributed by atoms with van der Waals surface area (Å²) in [6, 6.07) is 7.56. The van der Waals surface area contributed by atoms with Crippen LogP contribution in [0.4, 0.5) is 0 Å². The molecule has 4 nitrogen and oxygen atoms in total. The molecule has 112 valence electrons. The third-order valence-corrected chi connectivity index (χ3v) is 2.79.